The predicted octanol–water partition coefficient (Wildman–Crippen LogP) is 0.683. The number of amides is 1. The average Bonchev–Trinajstić information content (AvgIpc) is 3.26. The fourth-order valence-electron chi connectivity index (χ4n) is 4.98. The molecule has 1 amide bonds. The Morgan fingerprint density at radius 1 is 1.27 bits per heavy atom. The van der Waals surface area contributed by atoms with E-state index in [0.29, 0.717) is 32.5 Å². The van der Waals surface area contributed by atoms with Crippen LogP contribution >= 0.6 is 0 Å². The maximum atomic E-state index is 13.3. The average molecular weight is 381 g/mol. The second-order valence-corrected chi connectivity index (χ2v) is 10.6. The predicted molar refractivity (Wildman–Crippen MR) is 98.5 cm³/mol. The molecule has 3 aliphatic rings. The van der Waals surface area contributed by atoms with E-state index in [2.05, 4.69) is 10.4 Å². The molecule has 0 bridgehead atoms. The molecule has 2 saturated heterocycles. The lowest BCUT2D eigenvalue weighted by Crippen LogP contribution is -2.59. The van der Waals surface area contributed by atoms with Gasteiger partial charge in [0.15, 0.2) is 9.84 Å². The summed E-state index contributed by atoms with van der Waals surface area (Å²) in [5.74, 6) is 0.178. The topological polar surface area (TPSA) is 84.3 Å². The van der Waals surface area contributed by atoms with E-state index >= 15 is 0 Å². The second-order valence-electron chi connectivity index (χ2n) is 8.14. The summed E-state index contributed by atoms with van der Waals surface area (Å²) >= 11 is 0. The molecule has 144 valence electrons. The highest BCUT2D eigenvalue weighted by molar-refractivity contribution is 7.92. The lowest BCUT2D eigenvalue weighted by atomic mass is 9.86. The monoisotopic (exact) mass is 380 g/mol. The van der Waals surface area contributed by atoms with Gasteiger partial charge in [0, 0.05) is 45.3 Å². The van der Waals surface area contributed by atoms with E-state index in [9.17, 15) is 13.2 Å². The van der Waals surface area contributed by atoms with Crippen molar-refractivity contribution in [1.29, 1.82) is 0 Å². The Balaban J connectivity index is 1.54. The van der Waals surface area contributed by atoms with Crippen LogP contribution in [-0.4, -0.2) is 65.7 Å². The molecule has 3 heterocycles. The molecule has 7 nitrogen and oxygen atoms in total. The van der Waals surface area contributed by atoms with Gasteiger partial charge in [0.1, 0.15) is 0 Å². The third kappa shape index (κ3) is 2.97. The first kappa shape index (κ1) is 18.0. The Bertz CT molecular complexity index is 782. The largest absolute Gasteiger partial charge is 0.340 e. The molecule has 1 saturated carbocycles. The highest BCUT2D eigenvalue weighted by Crippen LogP contribution is 2.40. The summed E-state index contributed by atoms with van der Waals surface area (Å²) in [6, 6.07) is 0. The molecule has 0 aromatic carbocycles. The van der Waals surface area contributed by atoms with E-state index in [1.165, 1.54) is 0 Å². The van der Waals surface area contributed by atoms with Gasteiger partial charge in [-0.3, -0.25) is 9.48 Å². The van der Waals surface area contributed by atoms with E-state index in [-0.39, 0.29) is 23.5 Å². The van der Waals surface area contributed by atoms with Crippen LogP contribution < -0.4 is 5.32 Å². The molecule has 8 heteroatoms. The van der Waals surface area contributed by atoms with Gasteiger partial charge in [-0.2, -0.15) is 5.10 Å². The summed E-state index contributed by atoms with van der Waals surface area (Å²) in [4.78, 5) is 15.1. The van der Waals surface area contributed by atoms with Crippen LogP contribution in [0.4, 0.5) is 0 Å². The van der Waals surface area contributed by atoms with Gasteiger partial charge in [-0.25, -0.2) is 8.42 Å². The van der Waals surface area contributed by atoms with E-state index in [4.69, 9.17) is 0 Å². The van der Waals surface area contributed by atoms with E-state index in [1.54, 1.807) is 4.68 Å². The molecule has 2 aliphatic heterocycles. The Labute approximate surface area is 155 Å². The van der Waals surface area contributed by atoms with E-state index in [0.717, 1.165) is 31.4 Å². The third-order valence-corrected chi connectivity index (χ3v) is 9.11. The van der Waals surface area contributed by atoms with Crippen LogP contribution in [0.2, 0.25) is 0 Å². The molecule has 26 heavy (non-hydrogen) atoms. The minimum absolute atomic E-state index is 0.101. The quantitative estimate of drug-likeness (QED) is 0.816. The third-order valence-electron chi connectivity index (χ3n) is 6.53. The number of nitrogens with one attached hydrogen (secondary N) is 1. The van der Waals surface area contributed by atoms with E-state index < -0.39 is 14.6 Å². The molecule has 1 aromatic rings. The Hall–Kier alpha value is -1.41. The molecule has 3 fully saturated rings. The Morgan fingerprint density at radius 3 is 2.73 bits per heavy atom. The summed E-state index contributed by atoms with van der Waals surface area (Å²) in [5.41, 5.74) is 1.08. The molecule has 1 aliphatic carbocycles. The van der Waals surface area contributed by atoms with Gasteiger partial charge in [-0.1, -0.05) is 19.3 Å². The van der Waals surface area contributed by atoms with Crippen LogP contribution in [0.3, 0.4) is 0 Å². The van der Waals surface area contributed by atoms with Gasteiger partial charge < -0.3 is 10.2 Å². The minimum atomic E-state index is -3.12. The van der Waals surface area contributed by atoms with Crippen LogP contribution in [0.1, 0.15) is 43.6 Å². The summed E-state index contributed by atoms with van der Waals surface area (Å²) in [6.07, 6.45) is 8.21. The van der Waals surface area contributed by atoms with Crippen LogP contribution in [0, 0.1) is 5.92 Å². The number of carbonyl (C=O) groups excluding carboxylic acids is 1. The van der Waals surface area contributed by atoms with Crippen molar-refractivity contribution in [2.75, 3.05) is 31.9 Å². The first-order valence-corrected chi connectivity index (χ1v) is 11.3. The van der Waals surface area contributed by atoms with Gasteiger partial charge in [0.2, 0.25) is 5.91 Å². The summed E-state index contributed by atoms with van der Waals surface area (Å²) < 4.78 is 26.6. The molecular weight excluding hydrogens is 352 g/mol. The first-order chi connectivity index (χ1) is 12.4. The molecule has 1 spiro atoms. The van der Waals surface area contributed by atoms with Gasteiger partial charge in [0.25, 0.3) is 0 Å². The number of sulfone groups is 1. The van der Waals surface area contributed by atoms with Crippen LogP contribution in [-0.2, 0) is 21.7 Å². The van der Waals surface area contributed by atoms with Crippen molar-refractivity contribution in [3.8, 4) is 0 Å². The second kappa shape index (κ2) is 6.64. The van der Waals surface area contributed by atoms with Crippen molar-refractivity contribution in [3.63, 3.8) is 0 Å². The van der Waals surface area contributed by atoms with Gasteiger partial charge in [-0.15, -0.1) is 0 Å². The number of aromatic nitrogens is 2. The lowest BCUT2D eigenvalue weighted by molar-refractivity contribution is -0.136. The molecule has 4 rings (SSSR count). The number of hydrogen-bond donors (Lipinski definition) is 1. The maximum Gasteiger partial charge on any atom is 0.227 e. The normalized spacial score (nSPS) is 30.6. The van der Waals surface area contributed by atoms with Crippen molar-refractivity contribution in [1.82, 2.24) is 20.0 Å². The van der Waals surface area contributed by atoms with Gasteiger partial charge >= 0.3 is 0 Å². The van der Waals surface area contributed by atoms with Crippen molar-refractivity contribution >= 4 is 15.7 Å². The van der Waals surface area contributed by atoms with Crippen molar-refractivity contribution in [2.45, 2.75) is 42.8 Å². The highest BCUT2D eigenvalue weighted by atomic mass is 32.2. The standard InChI is InChI=1S/C18H28N4O3S/c1-21-12-14(9-20-21)15-10-19-11-16(15)17(23)22-7-8-26(24,25)18(13-22)5-3-2-4-6-18/h9,12,15-16,19H,2-8,10-11,13H2,1H3/t15-,16+/m1/s1. The summed E-state index contributed by atoms with van der Waals surface area (Å²) in [5, 5.41) is 7.57. The smallest absolute Gasteiger partial charge is 0.227 e. The zero-order valence-electron chi connectivity index (χ0n) is 15.4. The van der Waals surface area contributed by atoms with Crippen LogP contribution in [0.25, 0.3) is 0 Å². The minimum Gasteiger partial charge on any atom is -0.340 e. The number of carbonyl (C=O) groups is 1. The van der Waals surface area contributed by atoms with Crippen LogP contribution in [0.15, 0.2) is 12.4 Å². The fraction of sp³-hybridized carbons (Fsp3) is 0.778. The van der Waals surface area contributed by atoms with E-state index in [1.807, 2.05) is 24.3 Å². The SMILES string of the molecule is Cn1cc([C@H]2CNC[C@@H]2C(=O)N2CCS(=O)(=O)C3(CCCCC3)C2)cn1. The Morgan fingerprint density at radius 2 is 2.04 bits per heavy atom. The molecule has 2 atom stereocenters. The molecule has 1 aromatic heterocycles. The van der Waals surface area contributed by atoms with Crippen molar-refractivity contribution in [2.24, 2.45) is 13.0 Å². The van der Waals surface area contributed by atoms with Crippen molar-refractivity contribution < 1.29 is 13.2 Å². The molecular formula is C18H28N4O3S. The summed E-state index contributed by atoms with van der Waals surface area (Å²) in [6.45, 7) is 2.12. The molecule has 0 unspecified atom stereocenters. The zero-order chi connectivity index (χ0) is 18.4. The fourth-order valence-corrected chi connectivity index (χ4v) is 7.14. The molecule has 1 N–H and O–H groups in total. The van der Waals surface area contributed by atoms with Gasteiger partial charge in [-0.05, 0) is 18.4 Å². The number of aryl methyl sites for hydroxylation is 1. The highest BCUT2D eigenvalue weighted by Gasteiger charge is 2.50. The molecule has 0 radical (unpaired) electrons. The lowest BCUT2D eigenvalue weighted by Gasteiger charge is -2.45. The number of rotatable bonds is 2. The number of nitrogens with zero attached hydrogens (tertiary/aromatic N) is 3. The Kier molecular flexibility index (Phi) is 4.59. The maximum absolute atomic E-state index is 13.3. The van der Waals surface area contributed by atoms with Gasteiger partial charge in [0.05, 0.1) is 22.6 Å². The first-order valence-electron chi connectivity index (χ1n) is 9.62. The number of hydrogen-bond acceptors (Lipinski definition) is 5. The van der Waals surface area contributed by atoms with Crippen molar-refractivity contribution in [3.05, 3.63) is 18.0 Å². The van der Waals surface area contributed by atoms with Crippen LogP contribution in [0.5, 0.6) is 0 Å². The zero-order valence-corrected chi connectivity index (χ0v) is 16.2. The summed E-state index contributed by atoms with van der Waals surface area (Å²) in [7, 11) is -1.24.